The first-order valence-corrected chi connectivity index (χ1v) is 7.86. The first kappa shape index (κ1) is 15.1. The summed E-state index contributed by atoms with van der Waals surface area (Å²) in [4.78, 5) is 12.1. The Hall–Kier alpha value is -1.85. The number of nitrogens with two attached hydrogens (primary N) is 1. The number of amides is 1. The van der Waals surface area contributed by atoms with E-state index < -0.39 is 0 Å². The Morgan fingerprint density at radius 2 is 2.32 bits per heavy atom. The molecule has 0 radical (unpaired) electrons. The second-order valence-corrected chi connectivity index (χ2v) is 6.13. The monoisotopic (exact) mass is 318 g/mol. The lowest BCUT2D eigenvalue weighted by Gasteiger charge is -2.15. The maximum absolute atomic E-state index is 12.1. The van der Waals surface area contributed by atoms with Gasteiger partial charge in [0.15, 0.2) is 0 Å². The summed E-state index contributed by atoms with van der Waals surface area (Å²) in [5, 5.41) is 7.58. The molecule has 1 heterocycles. The van der Waals surface area contributed by atoms with E-state index in [4.69, 9.17) is 17.3 Å². The van der Waals surface area contributed by atoms with E-state index in [9.17, 15) is 4.79 Å². The van der Waals surface area contributed by atoms with Gasteiger partial charge in [-0.2, -0.15) is 5.10 Å². The minimum atomic E-state index is -0.00902. The summed E-state index contributed by atoms with van der Waals surface area (Å²) in [6.45, 7) is 0. The number of anilines is 1. The van der Waals surface area contributed by atoms with Crippen molar-refractivity contribution in [2.75, 3.05) is 5.32 Å². The zero-order chi connectivity index (χ0) is 15.5. The Morgan fingerprint density at radius 3 is 2.95 bits per heavy atom. The molecule has 6 heteroatoms. The minimum Gasteiger partial charge on any atom is -0.327 e. The Morgan fingerprint density at radius 1 is 1.45 bits per heavy atom. The van der Waals surface area contributed by atoms with Crippen molar-refractivity contribution in [2.45, 2.75) is 31.7 Å². The number of halogens is 1. The van der Waals surface area contributed by atoms with Gasteiger partial charge in [0.05, 0.1) is 10.7 Å². The second kappa shape index (κ2) is 6.50. The molecule has 1 aliphatic carbocycles. The van der Waals surface area contributed by atoms with E-state index in [1.165, 1.54) is 0 Å². The maximum Gasteiger partial charge on any atom is 0.224 e. The normalized spacial score (nSPS) is 21.0. The lowest BCUT2D eigenvalue weighted by molar-refractivity contribution is -0.117. The molecule has 0 spiro atoms. The number of nitrogens with one attached hydrogen (secondary N) is 1. The van der Waals surface area contributed by atoms with E-state index in [2.05, 4.69) is 10.4 Å². The highest BCUT2D eigenvalue weighted by atomic mass is 35.5. The van der Waals surface area contributed by atoms with E-state index in [0.717, 1.165) is 24.9 Å². The molecule has 0 aliphatic heterocycles. The third-order valence-corrected chi connectivity index (χ3v) is 4.45. The molecule has 0 saturated heterocycles. The molecular formula is C16H19ClN4O. The van der Waals surface area contributed by atoms with Crippen LogP contribution in [0.1, 0.15) is 25.7 Å². The number of carbonyl (C=O) groups excluding carboxylic acids is 1. The molecule has 5 nitrogen and oxygen atoms in total. The van der Waals surface area contributed by atoms with Gasteiger partial charge in [0, 0.05) is 30.5 Å². The molecule has 3 rings (SSSR count). The fourth-order valence-corrected chi connectivity index (χ4v) is 3.22. The van der Waals surface area contributed by atoms with E-state index in [0.29, 0.717) is 23.0 Å². The average Bonchev–Trinajstić information content (AvgIpc) is 3.12. The van der Waals surface area contributed by atoms with E-state index in [-0.39, 0.29) is 11.9 Å². The van der Waals surface area contributed by atoms with Gasteiger partial charge in [0.2, 0.25) is 5.91 Å². The molecule has 2 aromatic rings. The molecule has 116 valence electrons. The van der Waals surface area contributed by atoms with Crippen molar-refractivity contribution >= 4 is 23.2 Å². The van der Waals surface area contributed by atoms with Crippen LogP contribution in [-0.4, -0.2) is 21.7 Å². The summed E-state index contributed by atoms with van der Waals surface area (Å²) < 4.78 is 1.69. The summed E-state index contributed by atoms with van der Waals surface area (Å²) in [6, 6.07) is 7.39. The van der Waals surface area contributed by atoms with E-state index in [1.54, 1.807) is 16.9 Å². The van der Waals surface area contributed by atoms with Crippen LogP contribution >= 0.6 is 11.6 Å². The van der Waals surface area contributed by atoms with Gasteiger partial charge in [-0.15, -0.1) is 0 Å². The van der Waals surface area contributed by atoms with Crippen molar-refractivity contribution in [3.8, 4) is 5.69 Å². The van der Waals surface area contributed by atoms with Crippen LogP contribution in [0.4, 0.5) is 5.69 Å². The topological polar surface area (TPSA) is 72.9 Å². The number of carbonyl (C=O) groups is 1. The highest BCUT2D eigenvalue weighted by Crippen LogP contribution is 2.28. The minimum absolute atomic E-state index is 0.00902. The van der Waals surface area contributed by atoms with Crippen LogP contribution < -0.4 is 11.1 Å². The first-order chi connectivity index (χ1) is 10.6. The summed E-state index contributed by atoms with van der Waals surface area (Å²) in [5.41, 5.74) is 7.48. The van der Waals surface area contributed by atoms with Gasteiger partial charge >= 0.3 is 0 Å². The SMILES string of the molecule is N[C@@H]1CCC[C@H]1CC(=O)Nc1ccc(-n2cccn2)c(Cl)c1. The number of benzene rings is 1. The summed E-state index contributed by atoms with van der Waals surface area (Å²) in [7, 11) is 0. The zero-order valence-corrected chi connectivity index (χ0v) is 13.0. The quantitative estimate of drug-likeness (QED) is 0.910. The Kier molecular flexibility index (Phi) is 4.45. The van der Waals surface area contributed by atoms with Crippen molar-refractivity contribution in [1.82, 2.24) is 9.78 Å². The number of rotatable bonds is 4. The van der Waals surface area contributed by atoms with Crippen LogP contribution in [-0.2, 0) is 4.79 Å². The smallest absolute Gasteiger partial charge is 0.224 e. The zero-order valence-electron chi connectivity index (χ0n) is 12.2. The third kappa shape index (κ3) is 3.31. The van der Waals surface area contributed by atoms with Crippen molar-refractivity contribution in [3.63, 3.8) is 0 Å². The predicted molar refractivity (Wildman–Crippen MR) is 87.1 cm³/mol. The highest BCUT2D eigenvalue weighted by Gasteiger charge is 2.26. The molecule has 2 atom stereocenters. The molecule has 0 unspecified atom stereocenters. The van der Waals surface area contributed by atoms with Gasteiger partial charge in [-0.05, 0) is 43.0 Å². The fraction of sp³-hybridized carbons (Fsp3) is 0.375. The average molecular weight is 319 g/mol. The summed E-state index contributed by atoms with van der Waals surface area (Å²) in [6.07, 6.45) is 7.15. The Labute approximate surface area is 134 Å². The van der Waals surface area contributed by atoms with Crippen molar-refractivity contribution in [1.29, 1.82) is 0 Å². The molecule has 0 bridgehead atoms. The standard InChI is InChI=1S/C16H19ClN4O/c17-13-10-12(5-6-15(13)21-8-2-7-19-21)20-16(22)9-11-3-1-4-14(11)18/h2,5-8,10-11,14H,1,3-4,9,18H2,(H,20,22)/t11-,14+/m0/s1. The van der Waals surface area contributed by atoms with Crippen LogP contribution in [0.3, 0.4) is 0 Å². The van der Waals surface area contributed by atoms with Crippen LogP contribution in [0.2, 0.25) is 5.02 Å². The third-order valence-electron chi connectivity index (χ3n) is 4.15. The van der Waals surface area contributed by atoms with Crippen LogP contribution in [0, 0.1) is 5.92 Å². The highest BCUT2D eigenvalue weighted by molar-refractivity contribution is 6.32. The molecule has 1 aromatic heterocycles. The van der Waals surface area contributed by atoms with Crippen molar-refractivity contribution in [3.05, 3.63) is 41.7 Å². The molecule has 1 saturated carbocycles. The van der Waals surface area contributed by atoms with E-state index in [1.807, 2.05) is 24.4 Å². The Bertz CT molecular complexity index is 656. The molecule has 1 aliphatic rings. The summed E-state index contributed by atoms with van der Waals surface area (Å²) >= 11 is 6.27. The van der Waals surface area contributed by atoms with Gasteiger partial charge in [0.25, 0.3) is 0 Å². The van der Waals surface area contributed by atoms with Crippen LogP contribution in [0.5, 0.6) is 0 Å². The Balaban J connectivity index is 1.65. The second-order valence-electron chi connectivity index (χ2n) is 5.72. The number of hydrogen-bond acceptors (Lipinski definition) is 3. The van der Waals surface area contributed by atoms with Crippen molar-refractivity contribution in [2.24, 2.45) is 11.7 Å². The maximum atomic E-state index is 12.1. The largest absolute Gasteiger partial charge is 0.327 e. The molecule has 1 amide bonds. The van der Waals surface area contributed by atoms with Gasteiger partial charge in [-0.1, -0.05) is 18.0 Å². The molecule has 1 fully saturated rings. The van der Waals surface area contributed by atoms with E-state index >= 15 is 0 Å². The van der Waals surface area contributed by atoms with Crippen LogP contribution in [0.25, 0.3) is 5.69 Å². The van der Waals surface area contributed by atoms with Gasteiger partial charge in [-0.25, -0.2) is 4.68 Å². The van der Waals surface area contributed by atoms with Gasteiger partial charge in [-0.3, -0.25) is 4.79 Å². The number of hydrogen-bond donors (Lipinski definition) is 2. The lowest BCUT2D eigenvalue weighted by atomic mass is 10.00. The molecule has 22 heavy (non-hydrogen) atoms. The predicted octanol–water partition coefficient (Wildman–Crippen LogP) is 2.98. The molecule has 3 N–H and O–H groups in total. The first-order valence-electron chi connectivity index (χ1n) is 7.48. The summed E-state index contributed by atoms with van der Waals surface area (Å²) in [5.74, 6) is 0.282. The van der Waals surface area contributed by atoms with Gasteiger partial charge in [0.1, 0.15) is 0 Å². The number of aromatic nitrogens is 2. The van der Waals surface area contributed by atoms with Crippen LogP contribution in [0.15, 0.2) is 36.7 Å². The fourth-order valence-electron chi connectivity index (χ4n) is 2.95. The number of nitrogens with zero attached hydrogens (tertiary/aromatic N) is 2. The molecular weight excluding hydrogens is 300 g/mol. The lowest BCUT2D eigenvalue weighted by Crippen LogP contribution is -2.28. The van der Waals surface area contributed by atoms with Gasteiger partial charge < -0.3 is 11.1 Å². The molecule has 1 aromatic carbocycles. The van der Waals surface area contributed by atoms with Crippen molar-refractivity contribution < 1.29 is 4.79 Å².